The first kappa shape index (κ1) is 15.8. The van der Waals surface area contributed by atoms with Crippen LogP contribution in [0.1, 0.15) is 38.9 Å². The molecule has 5 heteroatoms. The summed E-state index contributed by atoms with van der Waals surface area (Å²) in [6.07, 6.45) is 0.915. The van der Waals surface area contributed by atoms with Gasteiger partial charge in [0.1, 0.15) is 0 Å². The van der Waals surface area contributed by atoms with Crippen LogP contribution in [0.4, 0.5) is 0 Å². The number of carbonyl (C=O) groups excluding carboxylic acids is 2. The lowest BCUT2D eigenvalue weighted by Gasteiger charge is -2.08. The second-order valence-electron chi connectivity index (χ2n) is 5.63. The first-order valence-electron chi connectivity index (χ1n) is 7.87. The molecular formula is C19H19N3O2. The number of amides is 2. The van der Waals surface area contributed by atoms with Gasteiger partial charge in [-0.15, -0.1) is 0 Å². The van der Waals surface area contributed by atoms with Gasteiger partial charge < -0.3 is 4.98 Å². The standard InChI is InChI=1S/C19H19N3O2/c1-3-13-8-10-14(11-9-13)18(23)21-22-19(24)17-12(2)20-16-7-5-4-6-15(16)17/h4-11,20H,3H2,1-2H3,(H,21,23)(H,22,24). The van der Waals surface area contributed by atoms with Crippen molar-refractivity contribution in [1.29, 1.82) is 0 Å². The van der Waals surface area contributed by atoms with Crippen molar-refractivity contribution >= 4 is 22.7 Å². The molecule has 2 aromatic carbocycles. The van der Waals surface area contributed by atoms with Crippen LogP contribution in [0.2, 0.25) is 0 Å². The minimum Gasteiger partial charge on any atom is -0.358 e. The first-order valence-corrected chi connectivity index (χ1v) is 7.87. The smallest absolute Gasteiger partial charge is 0.272 e. The number of rotatable bonds is 3. The van der Waals surface area contributed by atoms with Gasteiger partial charge in [-0.2, -0.15) is 0 Å². The molecule has 0 saturated heterocycles. The Labute approximate surface area is 140 Å². The van der Waals surface area contributed by atoms with Gasteiger partial charge in [0, 0.05) is 22.2 Å². The van der Waals surface area contributed by atoms with E-state index in [0.29, 0.717) is 11.1 Å². The van der Waals surface area contributed by atoms with Crippen molar-refractivity contribution in [3.63, 3.8) is 0 Å². The number of aromatic nitrogens is 1. The zero-order chi connectivity index (χ0) is 17.1. The molecule has 0 saturated carbocycles. The lowest BCUT2D eigenvalue weighted by molar-refractivity contribution is 0.0847. The molecule has 0 atom stereocenters. The maximum Gasteiger partial charge on any atom is 0.272 e. The SMILES string of the molecule is CCc1ccc(C(=O)NNC(=O)c2c(C)[nH]c3ccccc23)cc1. The van der Waals surface area contributed by atoms with Crippen LogP contribution < -0.4 is 10.9 Å². The van der Waals surface area contributed by atoms with Crippen molar-refractivity contribution in [2.24, 2.45) is 0 Å². The van der Waals surface area contributed by atoms with Gasteiger partial charge in [-0.25, -0.2) is 0 Å². The van der Waals surface area contributed by atoms with E-state index in [4.69, 9.17) is 0 Å². The van der Waals surface area contributed by atoms with Crippen LogP contribution in [-0.2, 0) is 6.42 Å². The van der Waals surface area contributed by atoms with E-state index in [2.05, 4.69) is 22.8 Å². The second-order valence-corrected chi connectivity index (χ2v) is 5.63. The molecule has 122 valence electrons. The van der Waals surface area contributed by atoms with E-state index in [1.165, 1.54) is 0 Å². The number of hydrazine groups is 1. The summed E-state index contributed by atoms with van der Waals surface area (Å²) >= 11 is 0. The number of hydrogen-bond donors (Lipinski definition) is 3. The molecule has 1 aromatic heterocycles. The average Bonchev–Trinajstić information content (AvgIpc) is 2.95. The minimum atomic E-state index is -0.344. The number of benzene rings is 2. The quantitative estimate of drug-likeness (QED) is 0.648. The van der Waals surface area contributed by atoms with Gasteiger partial charge in [-0.3, -0.25) is 20.4 Å². The third-order valence-corrected chi connectivity index (χ3v) is 4.03. The van der Waals surface area contributed by atoms with Gasteiger partial charge in [0.15, 0.2) is 0 Å². The predicted molar refractivity (Wildman–Crippen MR) is 93.8 cm³/mol. The molecule has 5 nitrogen and oxygen atoms in total. The molecule has 0 fully saturated rings. The van der Waals surface area contributed by atoms with Gasteiger partial charge in [-0.1, -0.05) is 37.3 Å². The Morgan fingerprint density at radius 1 is 0.958 bits per heavy atom. The molecule has 0 unspecified atom stereocenters. The van der Waals surface area contributed by atoms with Crippen molar-refractivity contribution < 1.29 is 9.59 Å². The normalized spacial score (nSPS) is 10.6. The number of carbonyl (C=O) groups is 2. The fraction of sp³-hybridized carbons (Fsp3) is 0.158. The molecule has 0 aliphatic rings. The third kappa shape index (κ3) is 3.01. The Balaban J connectivity index is 1.72. The molecule has 0 bridgehead atoms. The van der Waals surface area contributed by atoms with Crippen LogP contribution >= 0.6 is 0 Å². The molecule has 1 heterocycles. The van der Waals surface area contributed by atoms with Crippen LogP contribution in [0.25, 0.3) is 10.9 Å². The molecule has 2 amide bonds. The Bertz CT molecular complexity index is 895. The van der Waals surface area contributed by atoms with Crippen molar-refractivity contribution in [3.8, 4) is 0 Å². The number of fused-ring (bicyclic) bond motifs is 1. The van der Waals surface area contributed by atoms with Crippen molar-refractivity contribution in [2.45, 2.75) is 20.3 Å². The highest BCUT2D eigenvalue weighted by atomic mass is 16.2. The van der Waals surface area contributed by atoms with E-state index in [1.54, 1.807) is 12.1 Å². The molecule has 0 aliphatic heterocycles. The number of hydrogen-bond acceptors (Lipinski definition) is 2. The molecule has 0 radical (unpaired) electrons. The summed E-state index contributed by atoms with van der Waals surface area (Å²) < 4.78 is 0. The molecule has 3 rings (SSSR count). The average molecular weight is 321 g/mol. The molecule has 0 spiro atoms. The highest BCUT2D eigenvalue weighted by Gasteiger charge is 2.16. The summed E-state index contributed by atoms with van der Waals surface area (Å²) in [6, 6.07) is 14.9. The number of nitrogens with one attached hydrogen (secondary N) is 3. The molecular weight excluding hydrogens is 302 g/mol. The Morgan fingerprint density at radius 2 is 1.62 bits per heavy atom. The summed E-state index contributed by atoms with van der Waals surface area (Å²) in [7, 11) is 0. The topological polar surface area (TPSA) is 74.0 Å². The Kier molecular flexibility index (Phi) is 4.33. The van der Waals surface area contributed by atoms with Gasteiger partial charge >= 0.3 is 0 Å². The van der Waals surface area contributed by atoms with Crippen molar-refractivity contribution in [3.05, 3.63) is 70.9 Å². The van der Waals surface area contributed by atoms with E-state index < -0.39 is 0 Å². The molecule has 24 heavy (non-hydrogen) atoms. The fourth-order valence-corrected chi connectivity index (χ4v) is 2.71. The fourth-order valence-electron chi connectivity index (χ4n) is 2.71. The monoisotopic (exact) mass is 321 g/mol. The van der Waals surface area contributed by atoms with Crippen LogP contribution in [0, 0.1) is 6.92 Å². The summed E-state index contributed by atoms with van der Waals surface area (Å²) in [5.74, 6) is -0.688. The lowest BCUT2D eigenvalue weighted by atomic mass is 10.1. The predicted octanol–water partition coefficient (Wildman–Crippen LogP) is 3.11. The molecule has 0 aliphatic carbocycles. The van der Waals surface area contributed by atoms with E-state index in [1.807, 2.05) is 43.3 Å². The summed E-state index contributed by atoms with van der Waals surface area (Å²) in [4.78, 5) is 27.7. The zero-order valence-corrected chi connectivity index (χ0v) is 13.6. The maximum absolute atomic E-state index is 12.4. The zero-order valence-electron chi connectivity index (χ0n) is 13.6. The summed E-state index contributed by atoms with van der Waals surface area (Å²) in [5, 5.41) is 0.828. The van der Waals surface area contributed by atoms with Crippen LogP contribution in [0.5, 0.6) is 0 Å². The highest BCUT2D eigenvalue weighted by Crippen LogP contribution is 2.21. The summed E-state index contributed by atoms with van der Waals surface area (Å²) in [6.45, 7) is 3.89. The van der Waals surface area contributed by atoms with Crippen molar-refractivity contribution in [1.82, 2.24) is 15.8 Å². The van der Waals surface area contributed by atoms with E-state index >= 15 is 0 Å². The van der Waals surface area contributed by atoms with E-state index in [-0.39, 0.29) is 11.8 Å². The number of aryl methyl sites for hydroxylation is 2. The summed E-state index contributed by atoms with van der Waals surface area (Å²) in [5.41, 5.74) is 8.80. The Hall–Kier alpha value is -3.08. The number of para-hydroxylation sites is 1. The lowest BCUT2D eigenvalue weighted by Crippen LogP contribution is -2.41. The number of aromatic amines is 1. The van der Waals surface area contributed by atoms with Crippen LogP contribution in [-0.4, -0.2) is 16.8 Å². The van der Waals surface area contributed by atoms with Crippen molar-refractivity contribution in [2.75, 3.05) is 0 Å². The minimum absolute atomic E-state index is 0.344. The largest absolute Gasteiger partial charge is 0.358 e. The first-order chi connectivity index (χ1) is 11.6. The Morgan fingerprint density at radius 3 is 2.33 bits per heavy atom. The second kappa shape index (κ2) is 6.58. The molecule has 3 aromatic rings. The highest BCUT2D eigenvalue weighted by molar-refractivity contribution is 6.09. The van der Waals surface area contributed by atoms with Gasteiger partial charge in [0.2, 0.25) is 0 Å². The van der Waals surface area contributed by atoms with E-state index in [9.17, 15) is 9.59 Å². The van der Waals surface area contributed by atoms with Gasteiger partial charge in [-0.05, 0) is 37.1 Å². The van der Waals surface area contributed by atoms with Crippen LogP contribution in [0.15, 0.2) is 48.5 Å². The third-order valence-electron chi connectivity index (χ3n) is 4.03. The van der Waals surface area contributed by atoms with E-state index in [0.717, 1.165) is 28.6 Å². The molecule has 3 N–H and O–H groups in total. The van der Waals surface area contributed by atoms with Gasteiger partial charge in [0.25, 0.3) is 11.8 Å². The number of H-pyrrole nitrogens is 1. The van der Waals surface area contributed by atoms with Crippen LogP contribution in [0.3, 0.4) is 0 Å². The maximum atomic E-state index is 12.4. The van der Waals surface area contributed by atoms with Gasteiger partial charge in [0.05, 0.1) is 5.56 Å².